The van der Waals surface area contributed by atoms with E-state index in [1.54, 1.807) is 18.2 Å². The summed E-state index contributed by atoms with van der Waals surface area (Å²) in [6.45, 7) is 0. The number of nitrogens with zero attached hydrogens (tertiary/aromatic N) is 1. The monoisotopic (exact) mass is 405 g/mol. The van der Waals surface area contributed by atoms with Crippen LogP contribution in [0, 0.1) is 0 Å². The van der Waals surface area contributed by atoms with Gasteiger partial charge in [-0.15, -0.1) is 0 Å². The van der Waals surface area contributed by atoms with Gasteiger partial charge in [0.2, 0.25) is 15.9 Å². The number of methoxy groups -OCH3 is 2. The van der Waals surface area contributed by atoms with Crippen LogP contribution >= 0.6 is 0 Å². The lowest BCUT2D eigenvalue weighted by molar-refractivity contribution is -0.121. The molecule has 0 bridgehead atoms. The van der Waals surface area contributed by atoms with Gasteiger partial charge in [0, 0.05) is 11.8 Å². The van der Waals surface area contributed by atoms with Gasteiger partial charge in [0.1, 0.15) is 6.04 Å². The molecule has 148 valence electrons. The Labute approximate surface area is 162 Å². The van der Waals surface area contributed by atoms with Crippen LogP contribution in [0.25, 0.3) is 0 Å². The Hall–Kier alpha value is -3.11. The molecule has 0 aromatic heterocycles. The van der Waals surface area contributed by atoms with E-state index in [0.717, 1.165) is 4.90 Å². The standard InChI is InChI=1S/C18H19N3O6S/c1-26-15-8-5-12(9-16(15)27-2)21-17(22)10-14(18(21)23)20-11-3-6-13(7-4-11)28(19,24)25/h3-9,14,20H,10H2,1-2H3,(H2,19,24,25)/t14-/m0/s1. The van der Waals surface area contributed by atoms with Crippen LogP contribution in [0.2, 0.25) is 0 Å². The Bertz CT molecular complexity index is 1020. The second kappa shape index (κ2) is 7.49. The number of ether oxygens (including phenoxy) is 2. The van der Waals surface area contributed by atoms with Gasteiger partial charge in [-0.2, -0.15) is 0 Å². The number of anilines is 2. The summed E-state index contributed by atoms with van der Waals surface area (Å²) in [6, 6.07) is 9.60. The van der Waals surface area contributed by atoms with Crippen LogP contribution in [0.4, 0.5) is 11.4 Å². The number of carbonyl (C=O) groups is 2. The van der Waals surface area contributed by atoms with Gasteiger partial charge in [-0.3, -0.25) is 9.59 Å². The van der Waals surface area contributed by atoms with Gasteiger partial charge in [0.25, 0.3) is 5.91 Å². The molecule has 10 heteroatoms. The highest BCUT2D eigenvalue weighted by atomic mass is 32.2. The molecule has 0 radical (unpaired) electrons. The molecule has 1 aliphatic heterocycles. The van der Waals surface area contributed by atoms with Gasteiger partial charge in [-0.05, 0) is 36.4 Å². The second-order valence-electron chi connectivity index (χ2n) is 6.08. The number of imide groups is 1. The summed E-state index contributed by atoms with van der Waals surface area (Å²) in [5, 5.41) is 8.01. The molecule has 1 atom stereocenters. The Morgan fingerprint density at radius 2 is 1.68 bits per heavy atom. The van der Waals surface area contributed by atoms with Gasteiger partial charge in [0.05, 0.1) is 31.2 Å². The van der Waals surface area contributed by atoms with Crippen LogP contribution in [-0.4, -0.2) is 40.5 Å². The normalized spacial score (nSPS) is 17.0. The zero-order valence-electron chi connectivity index (χ0n) is 15.2. The van der Waals surface area contributed by atoms with Crippen LogP contribution in [0.15, 0.2) is 47.4 Å². The van der Waals surface area contributed by atoms with Crippen molar-refractivity contribution in [3.63, 3.8) is 0 Å². The SMILES string of the molecule is COc1ccc(N2C(=O)C[C@H](Nc3ccc(S(N)(=O)=O)cc3)C2=O)cc1OC. The van der Waals surface area contributed by atoms with E-state index in [9.17, 15) is 18.0 Å². The number of nitrogens with one attached hydrogen (secondary N) is 1. The highest BCUT2D eigenvalue weighted by Gasteiger charge is 2.39. The average molecular weight is 405 g/mol. The molecule has 0 aliphatic carbocycles. The average Bonchev–Trinajstić information content (AvgIpc) is 2.94. The molecule has 0 spiro atoms. The van der Waals surface area contributed by atoms with Gasteiger partial charge >= 0.3 is 0 Å². The molecule has 3 rings (SSSR count). The quantitative estimate of drug-likeness (QED) is 0.689. The number of rotatable bonds is 6. The van der Waals surface area contributed by atoms with E-state index in [1.165, 1.54) is 38.5 Å². The molecule has 2 amide bonds. The summed E-state index contributed by atoms with van der Waals surface area (Å²) in [5.74, 6) is 0.0918. The molecule has 9 nitrogen and oxygen atoms in total. The summed E-state index contributed by atoms with van der Waals surface area (Å²) in [6.07, 6.45) is -0.0376. The second-order valence-corrected chi connectivity index (χ2v) is 7.64. The van der Waals surface area contributed by atoms with Crippen molar-refractivity contribution in [1.29, 1.82) is 0 Å². The first-order chi connectivity index (χ1) is 13.2. The van der Waals surface area contributed by atoms with Crippen molar-refractivity contribution in [3.05, 3.63) is 42.5 Å². The number of nitrogens with two attached hydrogens (primary N) is 1. The van der Waals surface area contributed by atoms with Crippen LogP contribution in [0.1, 0.15) is 6.42 Å². The lowest BCUT2D eigenvalue weighted by Crippen LogP contribution is -2.34. The molecule has 28 heavy (non-hydrogen) atoms. The molecular weight excluding hydrogens is 386 g/mol. The molecule has 1 fully saturated rings. The third-order valence-corrected chi connectivity index (χ3v) is 5.22. The van der Waals surface area contributed by atoms with Crippen LogP contribution in [0.3, 0.4) is 0 Å². The van der Waals surface area contributed by atoms with Crippen molar-refractivity contribution in [1.82, 2.24) is 0 Å². The van der Waals surface area contributed by atoms with E-state index in [2.05, 4.69) is 5.32 Å². The van der Waals surface area contributed by atoms with Gasteiger partial charge in [-0.1, -0.05) is 0 Å². The first-order valence-corrected chi connectivity index (χ1v) is 9.77. The number of amides is 2. The van der Waals surface area contributed by atoms with E-state index in [-0.39, 0.29) is 17.2 Å². The fourth-order valence-electron chi connectivity index (χ4n) is 2.92. The molecule has 1 saturated heterocycles. The lowest BCUT2D eigenvalue weighted by Gasteiger charge is -2.18. The first-order valence-electron chi connectivity index (χ1n) is 8.23. The summed E-state index contributed by atoms with van der Waals surface area (Å²) >= 11 is 0. The van der Waals surface area contributed by atoms with E-state index in [4.69, 9.17) is 14.6 Å². The third kappa shape index (κ3) is 3.78. The highest BCUT2D eigenvalue weighted by Crippen LogP contribution is 2.34. The molecule has 3 N–H and O–H groups in total. The van der Waals surface area contributed by atoms with E-state index >= 15 is 0 Å². The molecular formula is C18H19N3O6S. The lowest BCUT2D eigenvalue weighted by atomic mass is 10.2. The minimum Gasteiger partial charge on any atom is -0.493 e. The summed E-state index contributed by atoms with van der Waals surface area (Å²) in [4.78, 5) is 26.2. The van der Waals surface area contributed by atoms with E-state index in [0.29, 0.717) is 22.9 Å². The number of hydrogen-bond donors (Lipinski definition) is 2. The zero-order chi connectivity index (χ0) is 20.5. The largest absolute Gasteiger partial charge is 0.493 e. The summed E-state index contributed by atoms with van der Waals surface area (Å²) in [5.41, 5.74) is 0.870. The van der Waals surface area contributed by atoms with Crippen LogP contribution < -0.4 is 24.8 Å². The maximum Gasteiger partial charge on any atom is 0.256 e. The maximum atomic E-state index is 12.8. The van der Waals surface area contributed by atoms with Crippen molar-refractivity contribution in [2.75, 3.05) is 24.4 Å². The van der Waals surface area contributed by atoms with Crippen molar-refractivity contribution >= 4 is 33.2 Å². The van der Waals surface area contributed by atoms with Gasteiger partial charge in [0.15, 0.2) is 11.5 Å². The van der Waals surface area contributed by atoms with Crippen molar-refractivity contribution in [2.24, 2.45) is 5.14 Å². The Morgan fingerprint density at radius 3 is 2.25 bits per heavy atom. The molecule has 1 heterocycles. The number of sulfonamides is 1. The topological polar surface area (TPSA) is 128 Å². The van der Waals surface area contributed by atoms with E-state index < -0.39 is 22.0 Å². The van der Waals surface area contributed by atoms with Crippen molar-refractivity contribution in [2.45, 2.75) is 17.4 Å². The Kier molecular flexibility index (Phi) is 5.25. The maximum absolute atomic E-state index is 12.8. The number of primary sulfonamides is 1. The fraction of sp³-hybridized carbons (Fsp3) is 0.222. The number of benzene rings is 2. The number of hydrogen-bond acceptors (Lipinski definition) is 7. The third-order valence-electron chi connectivity index (χ3n) is 4.30. The molecule has 2 aromatic rings. The molecule has 0 saturated carbocycles. The van der Waals surface area contributed by atoms with Crippen LogP contribution in [0.5, 0.6) is 11.5 Å². The predicted molar refractivity (Wildman–Crippen MR) is 102 cm³/mol. The Morgan fingerprint density at radius 1 is 1.04 bits per heavy atom. The highest BCUT2D eigenvalue weighted by molar-refractivity contribution is 7.89. The minimum atomic E-state index is -3.80. The molecule has 2 aromatic carbocycles. The van der Waals surface area contributed by atoms with Gasteiger partial charge in [-0.25, -0.2) is 18.5 Å². The van der Waals surface area contributed by atoms with Crippen LogP contribution in [-0.2, 0) is 19.6 Å². The Balaban J connectivity index is 1.80. The van der Waals surface area contributed by atoms with Crippen molar-refractivity contribution < 1.29 is 27.5 Å². The molecule has 0 unspecified atom stereocenters. The first kappa shape index (κ1) is 19.6. The van der Waals surface area contributed by atoms with Gasteiger partial charge < -0.3 is 14.8 Å². The summed E-state index contributed by atoms with van der Waals surface area (Å²) in [7, 11) is -0.849. The van der Waals surface area contributed by atoms with E-state index in [1.807, 2.05) is 0 Å². The number of carbonyl (C=O) groups excluding carboxylic acids is 2. The fourth-order valence-corrected chi connectivity index (χ4v) is 3.44. The zero-order valence-corrected chi connectivity index (χ0v) is 16.0. The predicted octanol–water partition coefficient (Wildman–Crippen LogP) is 1.10. The molecule has 1 aliphatic rings. The van der Waals surface area contributed by atoms with Crippen molar-refractivity contribution in [3.8, 4) is 11.5 Å². The summed E-state index contributed by atoms with van der Waals surface area (Å²) < 4.78 is 33.0. The minimum absolute atomic E-state index is 0.0376. The smallest absolute Gasteiger partial charge is 0.256 e.